The number of hydrogen-bond acceptors (Lipinski definition) is 3. The van der Waals surface area contributed by atoms with Crippen LogP contribution in [0.3, 0.4) is 0 Å². The molecule has 0 aromatic heterocycles. The van der Waals surface area contributed by atoms with Crippen LogP contribution in [0.2, 0.25) is 0 Å². The quantitative estimate of drug-likeness (QED) is 0.793. The van der Waals surface area contributed by atoms with Gasteiger partial charge in [-0.2, -0.15) is 0 Å². The average molecular weight is 262 g/mol. The fourth-order valence-electron chi connectivity index (χ4n) is 2.59. The van der Waals surface area contributed by atoms with Gasteiger partial charge in [-0.3, -0.25) is 0 Å². The van der Waals surface area contributed by atoms with Crippen LogP contribution in [0.5, 0.6) is 0 Å². The lowest BCUT2D eigenvalue weighted by atomic mass is 9.88. The molecule has 1 aromatic rings. The lowest BCUT2D eigenvalue weighted by Crippen LogP contribution is -2.47. The molecular weight excluding hydrogens is 236 g/mol. The van der Waals surface area contributed by atoms with Crippen molar-refractivity contribution in [3.05, 3.63) is 35.9 Å². The molecule has 1 saturated carbocycles. The Hall–Kier alpha value is -0.900. The van der Waals surface area contributed by atoms with Crippen LogP contribution in [0.4, 0.5) is 0 Å². The number of nitrogens with two attached hydrogens (primary N) is 1. The van der Waals surface area contributed by atoms with Crippen LogP contribution in [0.15, 0.2) is 30.3 Å². The first-order valence-electron chi connectivity index (χ1n) is 7.36. The Morgan fingerprint density at radius 2 is 2.00 bits per heavy atom. The molecule has 3 nitrogen and oxygen atoms in total. The number of rotatable bonds is 7. The van der Waals surface area contributed by atoms with E-state index in [9.17, 15) is 0 Å². The number of hydrogen-bond donors (Lipinski definition) is 2. The molecule has 1 aliphatic carbocycles. The van der Waals surface area contributed by atoms with Gasteiger partial charge in [-0.15, -0.1) is 0 Å². The van der Waals surface area contributed by atoms with Crippen molar-refractivity contribution in [1.82, 2.24) is 5.32 Å². The maximum atomic E-state index is 6.29. The predicted octanol–water partition coefficient (Wildman–Crippen LogP) is 2.48. The van der Waals surface area contributed by atoms with Gasteiger partial charge in [-0.05, 0) is 37.8 Å². The summed E-state index contributed by atoms with van der Waals surface area (Å²) in [5, 5.41) is 3.60. The molecule has 0 heterocycles. The van der Waals surface area contributed by atoms with Crippen molar-refractivity contribution in [3.8, 4) is 0 Å². The molecule has 0 radical (unpaired) electrons. The van der Waals surface area contributed by atoms with Gasteiger partial charge in [0.2, 0.25) is 0 Å². The van der Waals surface area contributed by atoms with Crippen molar-refractivity contribution < 1.29 is 4.74 Å². The van der Waals surface area contributed by atoms with Crippen LogP contribution < -0.4 is 11.1 Å². The van der Waals surface area contributed by atoms with Gasteiger partial charge in [0, 0.05) is 18.7 Å². The first-order valence-corrected chi connectivity index (χ1v) is 7.36. The van der Waals surface area contributed by atoms with E-state index < -0.39 is 0 Å². The molecular formula is C16H26N2O. The Labute approximate surface area is 116 Å². The lowest BCUT2D eigenvalue weighted by molar-refractivity contribution is -0.0106. The number of ether oxygens (including phenoxy) is 1. The zero-order chi connectivity index (χ0) is 13.7. The highest BCUT2D eigenvalue weighted by molar-refractivity contribution is 5.19. The van der Waals surface area contributed by atoms with E-state index >= 15 is 0 Å². The Morgan fingerprint density at radius 3 is 2.63 bits per heavy atom. The maximum Gasteiger partial charge on any atom is 0.0604 e. The largest absolute Gasteiger partial charge is 0.378 e. The summed E-state index contributed by atoms with van der Waals surface area (Å²) in [5.41, 5.74) is 7.51. The van der Waals surface area contributed by atoms with Gasteiger partial charge in [-0.1, -0.05) is 37.3 Å². The predicted molar refractivity (Wildman–Crippen MR) is 79.0 cm³/mol. The van der Waals surface area contributed by atoms with Crippen LogP contribution in [0, 0.1) is 5.92 Å². The molecule has 106 valence electrons. The topological polar surface area (TPSA) is 47.3 Å². The van der Waals surface area contributed by atoms with Gasteiger partial charge in [-0.25, -0.2) is 0 Å². The van der Waals surface area contributed by atoms with E-state index in [2.05, 4.69) is 31.3 Å². The van der Waals surface area contributed by atoms with E-state index in [-0.39, 0.29) is 6.04 Å². The van der Waals surface area contributed by atoms with Crippen LogP contribution >= 0.6 is 0 Å². The molecule has 19 heavy (non-hydrogen) atoms. The van der Waals surface area contributed by atoms with E-state index in [0.717, 1.165) is 26.0 Å². The Balaban J connectivity index is 1.69. The molecule has 0 saturated heterocycles. The third-order valence-electron chi connectivity index (χ3n) is 4.02. The number of benzene rings is 1. The molecule has 0 bridgehead atoms. The summed E-state index contributed by atoms with van der Waals surface area (Å²) < 4.78 is 5.57. The van der Waals surface area contributed by atoms with Crippen molar-refractivity contribution >= 4 is 0 Å². The van der Waals surface area contributed by atoms with Gasteiger partial charge in [0.15, 0.2) is 0 Å². The summed E-state index contributed by atoms with van der Waals surface area (Å²) in [5.74, 6) is 0.438. The van der Waals surface area contributed by atoms with Crippen LogP contribution in [-0.4, -0.2) is 25.3 Å². The average Bonchev–Trinajstić information content (AvgIpc) is 2.41. The third-order valence-corrected chi connectivity index (χ3v) is 4.02. The first kappa shape index (κ1) is 14.5. The SMILES string of the molecule is CCOC1CC(NCC(C)C(N)c2ccccc2)C1. The Bertz CT molecular complexity index is 362. The highest BCUT2D eigenvalue weighted by Gasteiger charge is 2.29. The third kappa shape index (κ3) is 4.03. The first-order chi connectivity index (χ1) is 9.20. The Morgan fingerprint density at radius 1 is 1.32 bits per heavy atom. The van der Waals surface area contributed by atoms with E-state index in [0.29, 0.717) is 18.1 Å². The lowest BCUT2D eigenvalue weighted by Gasteiger charge is -2.36. The molecule has 3 N–H and O–H groups in total. The van der Waals surface area contributed by atoms with Gasteiger partial charge in [0.05, 0.1) is 6.10 Å². The molecule has 2 unspecified atom stereocenters. The fourth-order valence-corrected chi connectivity index (χ4v) is 2.59. The van der Waals surface area contributed by atoms with Crippen LogP contribution in [0.1, 0.15) is 38.3 Å². The van der Waals surface area contributed by atoms with Gasteiger partial charge >= 0.3 is 0 Å². The summed E-state index contributed by atoms with van der Waals surface area (Å²) in [4.78, 5) is 0. The normalized spacial score (nSPS) is 25.6. The van der Waals surface area contributed by atoms with Crippen LogP contribution in [0.25, 0.3) is 0 Å². The zero-order valence-corrected chi connectivity index (χ0v) is 12.0. The van der Waals surface area contributed by atoms with Gasteiger partial charge in [0.1, 0.15) is 0 Å². The van der Waals surface area contributed by atoms with Crippen molar-refractivity contribution in [3.63, 3.8) is 0 Å². The van der Waals surface area contributed by atoms with Crippen LogP contribution in [-0.2, 0) is 4.74 Å². The van der Waals surface area contributed by atoms with Crippen molar-refractivity contribution in [2.45, 2.75) is 44.9 Å². The molecule has 3 heteroatoms. The summed E-state index contributed by atoms with van der Waals surface area (Å²) in [6.45, 7) is 6.07. The zero-order valence-electron chi connectivity index (χ0n) is 12.0. The molecule has 2 atom stereocenters. The fraction of sp³-hybridized carbons (Fsp3) is 0.625. The maximum absolute atomic E-state index is 6.29. The molecule has 1 aliphatic rings. The minimum absolute atomic E-state index is 0.108. The second-order valence-corrected chi connectivity index (χ2v) is 5.57. The van der Waals surface area contributed by atoms with E-state index in [1.165, 1.54) is 5.56 Å². The summed E-state index contributed by atoms with van der Waals surface area (Å²) >= 11 is 0. The highest BCUT2D eigenvalue weighted by Crippen LogP contribution is 2.24. The molecule has 2 rings (SSSR count). The van der Waals surface area contributed by atoms with Crippen molar-refractivity contribution in [2.75, 3.05) is 13.2 Å². The Kier molecular flexibility index (Phi) is 5.37. The summed E-state index contributed by atoms with van der Waals surface area (Å²) in [7, 11) is 0. The highest BCUT2D eigenvalue weighted by atomic mass is 16.5. The van der Waals surface area contributed by atoms with Crippen molar-refractivity contribution in [1.29, 1.82) is 0 Å². The second-order valence-electron chi connectivity index (χ2n) is 5.57. The van der Waals surface area contributed by atoms with Gasteiger partial charge < -0.3 is 15.8 Å². The summed E-state index contributed by atoms with van der Waals surface area (Å²) in [6.07, 6.45) is 2.75. The van der Waals surface area contributed by atoms with Gasteiger partial charge in [0.25, 0.3) is 0 Å². The molecule has 0 aliphatic heterocycles. The number of nitrogens with one attached hydrogen (secondary N) is 1. The van der Waals surface area contributed by atoms with E-state index in [1.807, 2.05) is 18.2 Å². The molecule has 1 aromatic carbocycles. The standard InChI is InChI=1S/C16H26N2O/c1-3-19-15-9-14(10-15)18-11-12(2)16(17)13-7-5-4-6-8-13/h4-8,12,14-16,18H,3,9-11,17H2,1-2H3. The summed E-state index contributed by atoms with van der Waals surface area (Å²) in [6, 6.07) is 11.1. The second kappa shape index (κ2) is 7.04. The smallest absolute Gasteiger partial charge is 0.0604 e. The molecule has 0 spiro atoms. The molecule has 1 fully saturated rings. The minimum atomic E-state index is 0.108. The minimum Gasteiger partial charge on any atom is -0.378 e. The van der Waals surface area contributed by atoms with E-state index in [4.69, 9.17) is 10.5 Å². The van der Waals surface area contributed by atoms with E-state index in [1.54, 1.807) is 0 Å². The molecule has 0 amide bonds. The monoisotopic (exact) mass is 262 g/mol. The van der Waals surface area contributed by atoms with Crippen molar-refractivity contribution in [2.24, 2.45) is 11.7 Å².